The molecule has 0 fully saturated rings. The standard InChI is InChI=1S/C12H15N3O/c1-9-3-4-10-11(7-9)14-8-15(12(10)16)6-5-13-2/h3-4,7-8,13H,5-6H2,1-2H3. The summed E-state index contributed by atoms with van der Waals surface area (Å²) < 4.78 is 1.63. The molecular formula is C12H15N3O. The first-order valence-corrected chi connectivity index (χ1v) is 5.33. The predicted octanol–water partition coefficient (Wildman–Crippen LogP) is 0.924. The highest BCUT2D eigenvalue weighted by molar-refractivity contribution is 5.77. The highest BCUT2D eigenvalue weighted by Gasteiger charge is 2.03. The highest BCUT2D eigenvalue weighted by atomic mass is 16.1. The molecule has 4 heteroatoms. The molecule has 0 saturated heterocycles. The molecule has 0 unspecified atom stereocenters. The molecule has 1 N–H and O–H groups in total. The van der Waals surface area contributed by atoms with Crippen LogP contribution in [0.4, 0.5) is 0 Å². The number of hydrogen-bond acceptors (Lipinski definition) is 3. The van der Waals surface area contributed by atoms with Crippen LogP contribution in [0.3, 0.4) is 0 Å². The smallest absolute Gasteiger partial charge is 0.261 e. The number of aryl methyl sites for hydroxylation is 1. The van der Waals surface area contributed by atoms with Crippen LogP contribution in [-0.2, 0) is 6.54 Å². The van der Waals surface area contributed by atoms with Crippen LogP contribution in [0.25, 0.3) is 10.9 Å². The summed E-state index contributed by atoms with van der Waals surface area (Å²) in [5, 5.41) is 3.70. The van der Waals surface area contributed by atoms with E-state index in [9.17, 15) is 4.79 Å². The van der Waals surface area contributed by atoms with Gasteiger partial charge >= 0.3 is 0 Å². The zero-order chi connectivity index (χ0) is 11.5. The second-order valence-corrected chi connectivity index (χ2v) is 3.87. The number of nitrogens with one attached hydrogen (secondary N) is 1. The third-order valence-corrected chi connectivity index (χ3v) is 2.58. The molecule has 0 saturated carbocycles. The Labute approximate surface area is 93.9 Å². The van der Waals surface area contributed by atoms with Crippen molar-refractivity contribution in [2.24, 2.45) is 0 Å². The molecule has 16 heavy (non-hydrogen) atoms. The SMILES string of the molecule is CNCCn1cnc2cc(C)ccc2c1=O. The molecule has 0 amide bonds. The Balaban J connectivity index is 2.53. The van der Waals surface area contributed by atoms with Crippen molar-refractivity contribution in [3.63, 3.8) is 0 Å². The summed E-state index contributed by atoms with van der Waals surface area (Å²) in [6.07, 6.45) is 1.61. The van der Waals surface area contributed by atoms with Gasteiger partial charge in [0, 0.05) is 13.1 Å². The van der Waals surface area contributed by atoms with E-state index in [1.54, 1.807) is 10.9 Å². The Morgan fingerprint density at radius 3 is 3.00 bits per heavy atom. The Morgan fingerprint density at radius 1 is 1.44 bits per heavy atom. The minimum Gasteiger partial charge on any atom is -0.318 e. The van der Waals surface area contributed by atoms with Crippen LogP contribution in [0.2, 0.25) is 0 Å². The van der Waals surface area contributed by atoms with E-state index >= 15 is 0 Å². The number of hydrogen-bond donors (Lipinski definition) is 1. The van der Waals surface area contributed by atoms with Crippen LogP contribution < -0.4 is 10.9 Å². The minimum atomic E-state index is 0.0280. The van der Waals surface area contributed by atoms with Gasteiger partial charge in [-0.15, -0.1) is 0 Å². The fraction of sp³-hybridized carbons (Fsp3) is 0.333. The number of fused-ring (bicyclic) bond motifs is 1. The molecule has 1 heterocycles. The number of nitrogens with zero attached hydrogens (tertiary/aromatic N) is 2. The maximum Gasteiger partial charge on any atom is 0.261 e. The van der Waals surface area contributed by atoms with E-state index in [0.717, 1.165) is 17.6 Å². The van der Waals surface area contributed by atoms with Gasteiger partial charge in [-0.2, -0.15) is 0 Å². The number of aromatic nitrogens is 2. The van der Waals surface area contributed by atoms with Crippen molar-refractivity contribution >= 4 is 10.9 Å². The zero-order valence-corrected chi connectivity index (χ0v) is 9.53. The van der Waals surface area contributed by atoms with E-state index < -0.39 is 0 Å². The van der Waals surface area contributed by atoms with E-state index in [1.807, 2.05) is 32.2 Å². The molecular weight excluding hydrogens is 202 g/mol. The Bertz CT molecular complexity index is 560. The largest absolute Gasteiger partial charge is 0.318 e. The maximum atomic E-state index is 12.0. The third kappa shape index (κ3) is 1.97. The first-order valence-electron chi connectivity index (χ1n) is 5.33. The van der Waals surface area contributed by atoms with Crippen LogP contribution in [0.5, 0.6) is 0 Å². The lowest BCUT2D eigenvalue weighted by Gasteiger charge is -2.06. The average Bonchev–Trinajstić information content (AvgIpc) is 2.28. The van der Waals surface area contributed by atoms with Gasteiger partial charge in [0.2, 0.25) is 0 Å². The van der Waals surface area contributed by atoms with E-state index in [1.165, 1.54) is 0 Å². The molecule has 0 aliphatic heterocycles. The lowest BCUT2D eigenvalue weighted by atomic mass is 10.2. The number of likely N-dealkylation sites (N-methyl/N-ethyl adjacent to an activating group) is 1. The van der Waals surface area contributed by atoms with Crippen molar-refractivity contribution in [2.45, 2.75) is 13.5 Å². The molecule has 0 bridgehead atoms. The van der Waals surface area contributed by atoms with Crippen molar-refractivity contribution in [1.82, 2.24) is 14.9 Å². The molecule has 2 aromatic rings. The predicted molar refractivity (Wildman–Crippen MR) is 64.7 cm³/mol. The number of rotatable bonds is 3. The van der Waals surface area contributed by atoms with Gasteiger partial charge in [-0.1, -0.05) is 6.07 Å². The van der Waals surface area contributed by atoms with Crippen LogP contribution in [0.1, 0.15) is 5.56 Å². The summed E-state index contributed by atoms with van der Waals surface area (Å²) in [4.78, 5) is 16.3. The lowest BCUT2D eigenvalue weighted by molar-refractivity contribution is 0.621. The first kappa shape index (κ1) is 10.8. The molecule has 0 aliphatic rings. The van der Waals surface area contributed by atoms with Gasteiger partial charge in [0.15, 0.2) is 0 Å². The van der Waals surface area contributed by atoms with Gasteiger partial charge in [0.25, 0.3) is 5.56 Å². The van der Waals surface area contributed by atoms with Gasteiger partial charge in [0.05, 0.1) is 17.2 Å². The Hall–Kier alpha value is -1.68. The third-order valence-electron chi connectivity index (χ3n) is 2.58. The molecule has 1 aromatic carbocycles. The normalized spacial score (nSPS) is 10.9. The summed E-state index contributed by atoms with van der Waals surface area (Å²) in [6, 6.07) is 5.71. The van der Waals surface area contributed by atoms with Gasteiger partial charge < -0.3 is 5.32 Å². The van der Waals surface area contributed by atoms with Crippen LogP contribution in [0.15, 0.2) is 29.3 Å². The van der Waals surface area contributed by atoms with Gasteiger partial charge in [-0.05, 0) is 31.7 Å². The maximum absolute atomic E-state index is 12.0. The van der Waals surface area contributed by atoms with Crippen LogP contribution in [-0.4, -0.2) is 23.1 Å². The quantitative estimate of drug-likeness (QED) is 0.831. The monoisotopic (exact) mass is 217 g/mol. The molecule has 0 radical (unpaired) electrons. The summed E-state index contributed by atoms with van der Waals surface area (Å²) in [5.74, 6) is 0. The van der Waals surface area contributed by atoms with Crippen LogP contribution in [0, 0.1) is 6.92 Å². The van der Waals surface area contributed by atoms with Crippen molar-refractivity contribution in [3.05, 3.63) is 40.4 Å². The molecule has 0 aliphatic carbocycles. The Kier molecular flexibility index (Phi) is 3.01. The molecule has 0 spiro atoms. The lowest BCUT2D eigenvalue weighted by Crippen LogP contribution is -2.25. The van der Waals surface area contributed by atoms with E-state index in [-0.39, 0.29) is 5.56 Å². The first-order chi connectivity index (χ1) is 7.72. The molecule has 2 rings (SSSR count). The molecule has 84 valence electrons. The fourth-order valence-corrected chi connectivity index (χ4v) is 1.66. The average molecular weight is 217 g/mol. The fourth-order valence-electron chi connectivity index (χ4n) is 1.66. The van der Waals surface area contributed by atoms with Gasteiger partial charge in [-0.3, -0.25) is 9.36 Å². The summed E-state index contributed by atoms with van der Waals surface area (Å²) in [7, 11) is 1.86. The number of benzene rings is 1. The van der Waals surface area contributed by atoms with Crippen molar-refractivity contribution < 1.29 is 0 Å². The minimum absolute atomic E-state index is 0.0280. The zero-order valence-electron chi connectivity index (χ0n) is 9.53. The Morgan fingerprint density at radius 2 is 2.25 bits per heavy atom. The van der Waals surface area contributed by atoms with Crippen molar-refractivity contribution in [2.75, 3.05) is 13.6 Å². The second-order valence-electron chi connectivity index (χ2n) is 3.87. The van der Waals surface area contributed by atoms with E-state index in [0.29, 0.717) is 11.9 Å². The summed E-state index contributed by atoms with van der Waals surface area (Å²) in [6.45, 7) is 3.40. The molecule has 0 atom stereocenters. The molecule has 1 aromatic heterocycles. The van der Waals surface area contributed by atoms with Crippen molar-refractivity contribution in [1.29, 1.82) is 0 Å². The topological polar surface area (TPSA) is 46.9 Å². The van der Waals surface area contributed by atoms with Crippen molar-refractivity contribution in [3.8, 4) is 0 Å². The van der Waals surface area contributed by atoms with Gasteiger partial charge in [-0.25, -0.2) is 4.98 Å². The highest BCUT2D eigenvalue weighted by Crippen LogP contribution is 2.08. The van der Waals surface area contributed by atoms with E-state index in [4.69, 9.17) is 0 Å². The van der Waals surface area contributed by atoms with E-state index in [2.05, 4.69) is 10.3 Å². The summed E-state index contributed by atoms with van der Waals surface area (Å²) in [5.41, 5.74) is 1.92. The molecule has 4 nitrogen and oxygen atoms in total. The van der Waals surface area contributed by atoms with Crippen LogP contribution >= 0.6 is 0 Å². The second kappa shape index (κ2) is 4.45. The van der Waals surface area contributed by atoms with Gasteiger partial charge in [0.1, 0.15) is 0 Å². The summed E-state index contributed by atoms with van der Waals surface area (Å²) >= 11 is 0.